The molecule has 1 aromatic heterocycles. The minimum Gasteiger partial charge on any atom is -0.495 e. The van der Waals surface area contributed by atoms with Crippen molar-refractivity contribution >= 4 is 23.0 Å². The Balaban J connectivity index is 1.77. The lowest BCUT2D eigenvalue weighted by molar-refractivity contribution is 0.417. The van der Waals surface area contributed by atoms with Crippen LogP contribution >= 0.6 is 12.2 Å². The van der Waals surface area contributed by atoms with E-state index in [1.54, 1.807) is 7.11 Å². The van der Waals surface area contributed by atoms with Crippen molar-refractivity contribution in [3.63, 3.8) is 0 Å². The number of benzene rings is 1. The molecule has 0 unspecified atom stereocenters. The van der Waals surface area contributed by atoms with Crippen LogP contribution in [0, 0.1) is 13.8 Å². The van der Waals surface area contributed by atoms with Gasteiger partial charge >= 0.3 is 0 Å². The van der Waals surface area contributed by atoms with Gasteiger partial charge in [0, 0.05) is 19.3 Å². The number of rotatable bonds is 6. The van der Waals surface area contributed by atoms with Gasteiger partial charge in [0.25, 0.3) is 0 Å². The fourth-order valence-corrected chi connectivity index (χ4v) is 2.33. The fourth-order valence-electron chi connectivity index (χ4n) is 2.12. The van der Waals surface area contributed by atoms with Crippen molar-refractivity contribution in [3.8, 4) is 5.75 Å². The van der Waals surface area contributed by atoms with Gasteiger partial charge in [0.05, 0.1) is 19.0 Å². The lowest BCUT2D eigenvalue weighted by Gasteiger charge is -2.14. The average molecular weight is 318 g/mol. The summed E-state index contributed by atoms with van der Waals surface area (Å²) in [6, 6.07) is 5.95. The molecule has 0 atom stereocenters. The number of methoxy groups -OCH3 is 1. The Labute approximate surface area is 136 Å². The first kappa shape index (κ1) is 16.3. The Morgan fingerprint density at radius 1 is 1.32 bits per heavy atom. The summed E-state index contributed by atoms with van der Waals surface area (Å²) in [6.07, 6.45) is 4.85. The van der Waals surface area contributed by atoms with Crippen LogP contribution in [0.5, 0.6) is 5.75 Å². The third kappa shape index (κ3) is 4.73. The first-order chi connectivity index (χ1) is 10.6. The molecule has 2 aromatic rings. The molecule has 0 aliphatic heterocycles. The molecule has 0 bridgehead atoms. The van der Waals surface area contributed by atoms with E-state index in [4.69, 9.17) is 17.0 Å². The Bertz CT molecular complexity index is 639. The number of aryl methyl sites for hydroxylation is 3. The Morgan fingerprint density at radius 2 is 2.14 bits per heavy atom. The number of nitrogens with zero attached hydrogens (tertiary/aromatic N) is 2. The first-order valence-corrected chi connectivity index (χ1v) is 7.68. The molecule has 2 N–H and O–H groups in total. The zero-order chi connectivity index (χ0) is 15.9. The van der Waals surface area contributed by atoms with Gasteiger partial charge in [-0.2, -0.15) is 5.10 Å². The van der Waals surface area contributed by atoms with Gasteiger partial charge in [-0.05, 0) is 55.7 Å². The highest BCUT2D eigenvalue weighted by atomic mass is 32.1. The summed E-state index contributed by atoms with van der Waals surface area (Å²) in [5.41, 5.74) is 3.21. The van der Waals surface area contributed by atoms with E-state index in [-0.39, 0.29) is 0 Å². The average Bonchev–Trinajstić information content (AvgIpc) is 2.89. The summed E-state index contributed by atoms with van der Waals surface area (Å²) in [7, 11) is 1.65. The summed E-state index contributed by atoms with van der Waals surface area (Å²) in [6.45, 7) is 5.74. The Kier molecular flexibility index (Phi) is 5.77. The normalized spacial score (nSPS) is 10.3. The van der Waals surface area contributed by atoms with Gasteiger partial charge in [-0.3, -0.25) is 4.68 Å². The quantitative estimate of drug-likeness (QED) is 0.633. The van der Waals surface area contributed by atoms with Crippen LogP contribution in [0.2, 0.25) is 0 Å². The Morgan fingerprint density at radius 3 is 2.82 bits per heavy atom. The molecular formula is C16H22N4OS. The van der Waals surface area contributed by atoms with Gasteiger partial charge in [0.15, 0.2) is 5.11 Å². The molecule has 0 radical (unpaired) electrons. The fraction of sp³-hybridized carbons (Fsp3) is 0.375. The van der Waals surface area contributed by atoms with E-state index >= 15 is 0 Å². The molecule has 118 valence electrons. The van der Waals surface area contributed by atoms with E-state index in [2.05, 4.69) is 15.7 Å². The smallest absolute Gasteiger partial charge is 0.170 e. The molecule has 6 heteroatoms. The highest BCUT2D eigenvalue weighted by Gasteiger charge is 2.05. The number of anilines is 1. The predicted molar refractivity (Wildman–Crippen MR) is 93.5 cm³/mol. The molecule has 0 saturated heterocycles. The molecule has 0 fully saturated rings. The van der Waals surface area contributed by atoms with Crippen molar-refractivity contribution in [2.75, 3.05) is 19.0 Å². The zero-order valence-electron chi connectivity index (χ0n) is 13.2. The number of thiocarbonyl (C=S) groups is 1. The van der Waals surface area contributed by atoms with Crippen LogP contribution in [0.4, 0.5) is 5.69 Å². The van der Waals surface area contributed by atoms with Crippen molar-refractivity contribution in [2.45, 2.75) is 26.8 Å². The van der Waals surface area contributed by atoms with Crippen LogP contribution in [0.1, 0.15) is 17.5 Å². The second-order valence-corrected chi connectivity index (χ2v) is 5.63. The van der Waals surface area contributed by atoms with Crippen molar-refractivity contribution in [1.82, 2.24) is 15.1 Å². The maximum absolute atomic E-state index is 5.33. The van der Waals surface area contributed by atoms with E-state index in [1.165, 1.54) is 5.56 Å². The maximum atomic E-state index is 5.33. The minimum absolute atomic E-state index is 0.598. The molecule has 5 nitrogen and oxygen atoms in total. The molecule has 0 aliphatic carbocycles. The molecule has 1 aromatic carbocycles. The maximum Gasteiger partial charge on any atom is 0.170 e. The molecule has 1 heterocycles. The summed E-state index contributed by atoms with van der Waals surface area (Å²) in [4.78, 5) is 0. The van der Waals surface area contributed by atoms with Gasteiger partial charge in [-0.1, -0.05) is 6.07 Å². The molecule has 2 rings (SSSR count). The van der Waals surface area contributed by atoms with Crippen LogP contribution < -0.4 is 15.4 Å². The minimum atomic E-state index is 0.598. The lowest BCUT2D eigenvalue weighted by atomic mass is 10.2. The second-order valence-electron chi connectivity index (χ2n) is 5.22. The molecular weight excluding hydrogens is 296 g/mol. The standard InChI is InChI=1S/C16H22N4OS/c1-12-5-6-15(21-3)14(9-12)19-16(22)17-7-4-8-20-11-13(2)10-18-20/h5-6,9-11H,4,7-8H2,1-3H3,(H2,17,19,22). The van der Waals surface area contributed by atoms with Gasteiger partial charge in [-0.25, -0.2) is 0 Å². The number of hydrogen-bond donors (Lipinski definition) is 2. The topological polar surface area (TPSA) is 51.1 Å². The van der Waals surface area contributed by atoms with Gasteiger partial charge < -0.3 is 15.4 Å². The summed E-state index contributed by atoms with van der Waals surface area (Å²) >= 11 is 5.32. The van der Waals surface area contributed by atoms with E-state index in [1.807, 2.05) is 49.1 Å². The van der Waals surface area contributed by atoms with Crippen LogP contribution in [0.3, 0.4) is 0 Å². The number of nitrogens with one attached hydrogen (secondary N) is 2. The zero-order valence-corrected chi connectivity index (χ0v) is 14.0. The van der Waals surface area contributed by atoms with Crippen LogP contribution in [0.25, 0.3) is 0 Å². The molecule has 0 saturated carbocycles. The van der Waals surface area contributed by atoms with Crippen LogP contribution in [0.15, 0.2) is 30.6 Å². The highest BCUT2D eigenvalue weighted by Crippen LogP contribution is 2.24. The van der Waals surface area contributed by atoms with Gasteiger partial charge in [-0.15, -0.1) is 0 Å². The summed E-state index contributed by atoms with van der Waals surface area (Å²) < 4.78 is 7.27. The lowest BCUT2D eigenvalue weighted by Crippen LogP contribution is -2.30. The number of aromatic nitrogens is 2. The van der Waals surface area contributed by atoms with Crippen LogP contribution in [-0.2, 0) is 6.54 Å². The van der Waals surface area contributed by atoms with Gasteiger partial charge in [0.1, 0.15) is 5.75 Å². The van der Waals surface area contributed by atoms with Gasteiger partial charge in [0.2, 0.25) is 0 Å². The van der Waals surface area contributed by atoms with Crippen molar-refractivity contribution in [2.24, 2.45) is 0 Å². The number of hydrogen-bond acceptors (Lipinski definition) is 3. The SMILES string of the molecule is COc1ccc(C)cc1NC(=S)NCCCn1cc(C)cn1. The largest absolute Gasteiger partial charge is 0.495 e. The second kappa shape index (κ2) is 7.79. The third-order valence-corrected chi connectivity index (χ3v) is 3.46. The third-order valence-electron chi connectivity index (χ3n) is 3.22. The molecule has 0 amide bonds. The highest BCUT2D eigenvalue weighted by molar-refractivity contribution is 7.80. The summed E-state index contributed by atoms with van der Waals surface area (Å²) in [5, 5.41) is 11.2. The molecule has 0 spiro atoms. The van der Waals surface area contributed by atoms with Crippen LogP contribution in [-0.4, -0.2) is 28.5 Å². The number of ether oxygens (including phenoxy) is 1. The Hall–Kier alpha value is -2.08. The molecule has 0 aliphatic rings. The van der Waals surface area contributed by atoms with E-state index in [0.717, 1.165) is 36.5 Å². The van der Waals surface area contributed by atoms with E-state index in [0.29, 0.717) is 5.11 Å². The van der Waals surface area contributed by atoms with Crippen molar-refractivity contribution < 1.29 is 4.74 Å². The molecule has 22 heavy (non-hydrogen) atoms. The monoisotopic (exact) mass is 318 g/mol. The van der Waals surface area contributed by atoms with E-state index < -0.39 is 0 Å². The first-order valence-electron chi connectivity index (χ1n) is 7.27. The summed E-state index contributed by atoms with van der Waals surface area (Å²) in [5.74, 6) is 0.779. The van der Waals surface area contributed by atoms with Crippen molar-refractivity contribution in [1.29, 1.82) is 0 Å². The van der Waals surface area contributed by atoms with Crippen molar-refractivity contribution in [3.05, 3.63) is 41.7 Å². The predicted octanol–water partition coefficient (Wildman–Crippen LogP) is 2.89. The van der Waals surface area contributed by atoms with E-state index in [9.17, 15) is 0 Å².